The molecule has 2 rings (SSSR count). The third-order valence-electron chi connectivity index (χ3n) is 5.45. The fourth-order valence-electron chi connectivity index (χ4n) is 3.39. The number of hydrogen-bond donors (Lipinski definition) is 1. The second-order valence-electron chi connectivity index (χ2n) is 8.12. The van der Waals surface area contributed by atoms with E-state index in [1.807, 2.05) is 51.1 Å². The van der Waals surface area contributed by atoms with Crippen LogP contribution in [0.2, 0.25) is 10.0 Å². The Labute approximate surface area is 212 Å². The standard InChI is InChI=1S/C24H31Cl2N3O4S/c1-5-17(3)27-24(31)22(6-2)28(15-18-10-8-7-9-11-18)23(30)16-29(34(4,32)33)19-12-13-20(25)21(26)14-19/h7-14,17,22H,5-6,15-16H2,1-4H3,(H,27,31)/t17-,22-/m0/s1. The first-order valence-electron chi connectivity index (χ1n) is 11.0. The first kappa shape index (κ1) is 28.0. The first-order chi connectivity index (χ1) is 16.0. The number of amides is 2. The van der Waals surface area contributed by atoms with Gasteiger partial charge in [0.1, 0.15) is 12.6 Å². The van der Waals surface area contributed by atoms with Gasteiger partial charge in [0.25, 0.3) is 0 Å². The molecule has 2 atom stereocenters. The van der Waals surface area contributed by atoms with Gasteiger partial charge in [-0.2, -0.15) is 0 Å². The van der Waals surface area contributed by atoms with E-state index < -0.39 is 28.5 Å². The molecule has 1 N–H and O–H groups in total. The summed E-state index contributed by atoms with van der Waals surface area (Å²) >= 11 is 12.1. The summed E-state index contributed by atoms with van der Waals surface area (Å²) in [5.41, 5.74) is 1.04. The summed E-state index contributed by atoms with van der Waals surface area (Å²) in [5, 5.41) is 3.37. The van der Waals surface area contributed by atoms with Gasteiger partial charge in [0.2, 0.25) is 21.8 Å². The maximum absolute atomic E-state index is 13.6. The Morgan fingerprint density at radius 1 is 1.00 bits per heavy atom. The van der Waals surface area contributed by atoms with E-state index in [4.69, 9.17) is 23.2 Å². The molecule has 0 aromatic heterocycles. The molecule has 2 aromatic rings. The summed E-state index contributed by atoms with van der Waals surface area (Å²) in [4.78, 5) is 28.0. The third-order valence-corrected chi connectivity index (χ3v) is 7.33. The van der Waals surface area contributed by atoms with E-state index in [0.717, 1.165) is 22.5 Å². The smallest absolute Gasteiger partial charge is 0.244 e. The zero-order chi connectivity index (χ0) is 25.5. The van der Waals surface area contributed by atoms with E-state index in [2.05, 4.69) is 5.32 Å². The summed E-state index contributed by atoms with van der Waals surface area (Å²) in [6.45, 7) is 5.34. The van der Waals surface area contributed by atoms with Gasteiger partial charge in [0.05, 0.1) is 22.0 Å². The predicted molar refractivity (Wildman–Crippen MR) is 138 cm³/mol. The summed E-state index contributed by atoms with van der Waals surface area (Å²) in [6.07, 6.45) is 2.12. The highest BCUT2D eigenvalue weighted by Gasteiger charge is 2.32. The van der Waals surface area contributed by atoms with Gasteiger partial charge in [-0.05, 0) is 43.5 Å². The Balaban J connectivity index is 2.43. The van der Waals surface area contributed by atoms with Crippen molar-refractivity contribution in [1.29, 1.82) is 0 Å². The lowest BCUT2D eigenvalue weighted by Crippen LogP contribution is -2.53. The summed E-state index contributed by atoms with van der Waals surface area (Å²) in [5.74, 6) is -0.784. The normalized spacial score (nSPS) is 13.1. The quantitative estimate of drug-likeness (QED) is 0.466. The van der Waals surface area contributed by atoms with Crippen molar-refractivity contribution in [1.82, 2.24) is 10.2 Å². The highest BCUT2D eigenvalue weighted by atomic mass is 35.5. The molecule has 34 heavy (non-hydrogen) atoms. The Kier molecular flexibility index (Phi) is 10.2. The van der Waals surface area contributed by atoms with Crippen molar-refractivity contribution < 1.29 is 18.0 Å². The van der Waals surface area contributed by atoms with Crippen molar-refractivity contribution in [2.24, 2.45) is 0 Å². The van der Waals surface area contributed by atoms with E-state index in [-0.39, 0.29) is 34.2 Å². The molecule has 0 saturated heterocycles. The van der Waals surface area contributed by atoms with Crippen LogP contribution in [-0.4, -0.2) is 50.0 Å². The van der Waals surface area contributed by atoms with E-state index >= 15 is 0 Å². The van der Waals surface area contributed by atoms with E-state index in [1.165, 1.54) is 23.1 Å². The van der Waals surface area contributed by atoms with E-state index in [9.17, 15) is 18.0 Å². The van der Waals surface area contributed by atoms with Gasteiger partial charge in [-0.1, -0.05) is 67.4 Å². The zero-order valence-electron chi connectivity index (χ0n) is 19.8. The molecule has 7 nitrogen and oxygen atoms in total. The SMILES string of the molecule is CC[C@H](C)NC(=O)[C@H](CC)N(Cc1ccccc1)C(=O)CN(c1ccc(Cl)c(Cl)c1)S(C)(=O)=O. The number of nitrogens with one attached hydrogen (secondary N) is 1. The monoisotopic (exact) mass is 527 g/mol. The van der Waals surface area contributed by atoms with Crippen LogP contribution in [0.1, 0.15) is 39.2 Å². The summed E-state index contributed by atoms with van der Waals surface area (Å²) < 4.78 is 26.2. The molecule has 0 aliphatic heterocycles. The van der Waals surface area contributed by atoms with Crippen LogP contribution in [0, 0.1) is 0 Å². The highest BCUT2D eigenvalue weighted by Crippen LogP contribution is 2.28. The Bertz CT molecular complexity index is 1100. The van der Waals surface area contributed by atoms with Gasteiger partial charge >= 0.3 is 0 Å². The van der Waals surface area contributed by atoms with Crippen LogP contribution < -0.4 is 9.62 Å². The van der Waals surface area contributed by atoms with Crippen LogP contribution in [0.5, 0.6) is 0 Å². The van der Waals surface area contributed by atoms with Crippen molar-refractivity contribution in [2.45, 2.75) is 52.2 Å². The number of anilines is 1. The van der Waals surface area contributed by atoms with Crippen LogP contribution in [0.3, 0.4) is 0 Å². The third kappa shape index (κ3) is 7.61. The maximum atomic E-state index is 13.6. The van der Waals surface area contributed by atoms with Crippen molar-refractivity contribution in [3.63, 3.8) is 0 Å². The molecule has 2 aromatic carbocycles. The number of carbonyl (C=O) groups is 2. The summed E-state index contributed by atoms with van der Waals surface area (Å²) in [6, 6.07) is 12.8. The molecule has 0 heterocycles. The average molecular weight is 529 g/mol. The van der Waals surface area contributed by atoms with Gasteiger partial charge in [0.15, 0.2) is 0 Å². The fraction of sp³-hybridized carbons (Fsp3) is 0.417. The second-order valence-corrected chi connectivity index (χ2v) is 10.8. The van der Waals surface area contributed by atoms with Crippen LogP contribution in [-0.2, 0) is 26.2 Å². The van der Waals surface area contributed by atoms with Crippen molar-refractivity contribution in [3.05, 3.63) is 64.1 Å². The largest absolute Gasteiger partial charge is 0.352 e. The number of rotatable bonds is 11. The molecule has 0 aliphatic rings. The molecule has 0 aliphatic carbocycles. The molecule has 186 valence electrons. The molecule has 0 saturated carbocycles. The number of halogens is 2. The second kappa shape index (κ2) is 12.4. The van der Waals surface area contributed by atoms with Crippen molar-refractivity contribution in [3.8, 4) is 0 Å². The highest BCUT2D eigenvalue weighted by molar-refractivity contribution is 7.92. The molecular weight excluding hydrogens is 497 g/mol. The molecule has 2 amide bonds. The van der Waals surface area contributed by atoms with Crippen molar-refractivity contribution >= 4 is 50.7 Å². The van der Waals surface area contributed by atoms with E-state index in [1.54, 1.807) is 0 Å². The van der Waals surface area contributed by atoms with Gasteiger partial charge in [0, 0.05) is 12.6 Å². The number of benzene rings is 2. The lowest BCUT2D eigenvalue weighted by Gasteiger charge is -2.33. The van der Waals surface area contributed by atoms with E-state index in [0.29, 0.717) is 6.42 Å². The fourth-order valence-corrected chi connectivity index (χ4v) is 4.53. The number of carbonyl (C=O) groups excluding carboxylic acids is 2. The Morgan fingerprint density at radius 2 is 1.65 bits per heavy atom. The van der Waals surface area contributed by atoms with Crippen LogP contribution in [0.15, 0.2) is 48.5 Å². The van der Waals surface area contributed by atoms with Gasteiger partial charge < -0.3 is 10.2 Å². The molecule has 0 spiro atoms. The molecule has 10 heteroatoms. The molecule has 0 radical (unpaired) electrons. The van der Waals surface area contributed by atoms with Crippen LogP contribution in [0.4, 0.5) is 5.69 Å². The lowest BCUT2D eigenvalue weighted by atomic mass is 10.1. The minimum Gasteiger partial charge on any atom is -0.352 e. The predicted octanol–water partition coefficient (Wildman–Crippen LogP) is 4.48. The minimum atomic E-state index is -3.84. The Morgan fingerprint density at radius 3 is 2.18 bits per heavy atom. The van der Waals surface area contributed by atoms with Crippen LogP contribution in [0.25, 0.3) is 0 Å². The molecule has 0 unspecified atom stereocenters. The minimum absolute atomic E-state index is 0.0565. The van der Waals surface area contributed by atoms with Gasteiger partial charge in [-0.15, -0.1) is 0 Å². The number of hydrogen-bond acceptors (Lipinski definition) is 4. The molecular formula is C24H31Cl2N3O4S. The molecule has 0 fully saturated rings. The Hall–Kier alpha value is -2.29. The lowest BCUT2D eigenvalue weighted by molar-refractivity contribution is -0.140. The van der Waals surface area contributed by atoms with Gasteiger partial charge in [-0.3, -0.25) is 13.9 Å². The zero-order valence-corrected chi connectivity index (χ0v) is 22.1. The summed E-state index contributed by atoms with van der Waals surface area (Å²) in [7, 11) is -3.84. The number of nitrogens with zero attached hydrogens (tertiary/aromatic N) is 2. The topological polar surface area (TPSA) is 86.8 Å². The number of sulfonamides is 1. The maximum Gasteiger partial charge on any atom is 0.244 e. The first-order valence-corrected chi connectivity index (χ1v) is 13.6. The molecule has 0 bridgehead atoms. The van der Waals surface area contributed by atoms with Crippen molar-refractivity contribution in [2.75, 3.05) is 17.1 Å². The van der Waals surface area contributed by atoms with Gasteiger partial charge in [-0.25, -0.2) is 8.42 Å². The van der Waals surface area contributed by atoms with Crippen LogP contribution >= 0.6 is 23.2 Å². The average Bonchev–Trinajstić information content (AvgIpc) is 2.78.